The van der Waals surface area contributed by atoms with Crippen LogP contribution >= 0.6 is 11.6 Å². The molecular formula is C7H8ClNOS. The van der Waals surface area contributed by atoms with Crippen molar-refractivity contribution in [3.63, 3.8) is 0 Å². The van der Waals surface area contributed by atoms with Gasteiger partial charge in [0.15, 0.2) is 4.90 Å². The first-order valence-electron chi connectivity index (χ1n) is 3.09. The van der Waals surface area contributed by atoms with Crippen LogP contribution < -0.4 is 4.72 Å². The van der Waals surface area contributed by atoms with Crippen LogP contribution in [0.15, 0.2) is 29.2 Å². The highest BCUT2D eigenvalue weighted by Gasteiger charge is 2.11. The van der Waals surface area contributed by atoms with Crippen molar-refractivity contribution in [1.82, 2.24) is 4.72 Å². The van der Waals surface area contributed by atoms with E-state index in [9.17, 15) is 4.55 Å². The Kier molecular flexibility index (Phi) is 3.20. The van der Waals surface area contributed by atoms with Gasteiger partial charge in [0.2, 0.25) is 0 Å². The summed E-state index contributed by atoms with van der Waals surface area (Å²) >= 11 is 4.58. The molecule has 0 saturated carbocycles. The van der Waals surface area contributed by atoms with Gasteiger partial charge in [-0.05, 0) is 12.1 Å². The zero-order valence-corrected chi connectivity index (χ0v) is 7.58. The van der Waals surface area contributed by atoms with Crippen molar-refractivity contribution in [3.8, 4) is 0 Å². The van der Waals surface area contributed by atoms with Crippen LogP contribution in [-0.2, 0) is 11.4 Å². The van der Waals surface area contributed by atoms with Crippen LogP contribution in [0.5, 0.6) is 0 Å². The van der Waals surface area contributed by atoms with Gasteiger partial charge < -0.3 is 4.55 Å². The molecule has 4 heteroatoms. The number of benzene rings is 1. The minimum atomic E-state index is -1.18. The molecule has 0 bridgehead atoms. The fourth-order valence-corrected chi connectivity index (χ4v) is 1.72. The molecule has 1 unspecified atom stereocenters. The van der Waals surface area contributed by atoms with Crippen molar-refractivity contribution in [1.29, 1.82) is 0 Å². The molecule has 1 rings (SSSR count). The van der Waals surface area contributed by atoms with E-state index in [1.165, 1.54) is 0 Å². The van der Waals surface area contributed by atoms with Crippen LogP contribution in [0.2, 0.25) is 5.02 Å². The fraction of sp³-hybridized carbons (Fsp3) is 0.143. The van der Waals surface area contributed by atoms with Gasteiger partial charge in [-0.1, -0.05) is 23.7 Å². The molecule has 2 nitrogen and oxygen atoms in total. The predicted octanol–water partition coefficient (Wildman–Crippen LogP) is 1.58. The third-order valence-electron chi connectivity index (χ3n) is 1.22. The van der Waals surface area contributed by atoms with Crippen molar-refractivity contribution in [2.75, 3.05) is 7.05 Å². The molecule has 1 N–H and O–H groups in total. The molecule has 11 heavy (non-hydrogen) atoms. The maximum Gasteiger partial charge on any atom is 0.192 e. The second-order valence-electron chi connectivity index (χ2n) is 1.90. The highest BCUT2D eigenvalue weighted by atomic mass is 35.5. The summed E-state index contributed by atoms with van der Waals surface area (Å²) in [4.78, 5) is 0.622. The lowest BCUT2D eigenvalue weighted by molar-refractivity contribution is 0.587. The fourth-order valence-electron chi connectivity index (χ4n) is 0.705. The number of halogens is 1. The van der Waals surface area contributed by atoms with E-state index in [4.69, 9.17) is 11.6 Å². The van der Waals surface area contributed by atoms with Gasteiger partial charge in [-0.3, -0.25) is 0 Å². The Morgan fingerprint density at radius 3 is 2.64 bits per heavy atom. The van der Waals surface area contributed by atoms with E-state index in [2.05, 4.69) is 4.72 Å². The monoisotopic (exact) mass is 189 g/mol. The Labute approximate surface area is 73.9 Å². The number of hydrogen-bond donors (Lipinski definition) is 1. The Hall–Kier alpha value is -0.220. The van der Waals surface area contributed by atoms with Crippen LogP contribution in [0.4, 0.5) is 0 Å². The van der Waals surface area contributed by atoms with Crippen LogP contribution in [0.1, 0.15) is 0 Å². The van der Waals surface area contributed by atoms with Gasteiger partial charge >= 0.3 is 0 Å². The quantitative estimate of drug-likeness (QED) is 0.718. The summed E-state index contributed by atoms with van der Waals surface area (Å²) in [5.41, 5.74) is 0. The molecule has 0 aromatic heterocycles. The topological polar surface area (TPSA) is 35.1 Å². The molecule has 0 saturated heterocycles. The standard InChI is InChI=1S/C7H8ClNOS/c1-9-11(10)7-5-3-2-4-6(7)8/h2-5,9H,1H3. The highest BCUT2D eigenvalue weighted by Crippen LogP contribution is 2.19. The first-order chi connectivity index (χ1) is 5.25. The summed E-state index contributed by atoms with van der Waals surface area (Å²) in [5, 5.41) is 0.528. The second kappa shape index (κ2) is 3.97. The Balaban J connectivity index is 2.93. The van der Waals surface area contributed by atoms with Gasteiger partial charge in [0.1, 0.15) is 0 Å². The van der Waals surface area contributed by atoms with Crippen molar-refractivity contribution >= 4 is 23.0 Å². The molecule has 0 radical (unpaired) electrons. The largest absolute Gasteiger partial charge is 0.593 e. The number of hydrogen-bond acceptors (Lipinski definition) is 2. The molecule has 0 amide bonds. The minimum Gasteiger partial charge on any atom is -0.593 e. The Morgan fingerprint density at radius 1 is 1.45 bits per heavy atom. The predicted molar refractivity (Wildman–Crippen MR) is 46.9 cm³/mol. The van der Waals surface area contributed by atoms with Gasteiger partial charge in [0, 0.05) is 7.05 Å². The molecule has 0 aliphatic carbocycles. The molecular weight excluding hydrogens is 182 g/mol. The lowest BCUT2D eigenvalue weighted by atomic mass is 10.4. The van der Waals surface area contributed by atoms with E-state index in [-0.39, 0.29) is 0 Å². The first-order valence-corrected chi connectivity index (χ1v) is 4.62. The summed E-state index contributed by atoms with van der Waals surface area (Å²) in [5.74, 6) is 0. The summed E-state index contributed by atoms with van der Waals surface area (Å²) < 4.78 is 13.8. The van der Waals surface area contributed by atoms with Crippen molar-refractivity contribution in [2.24, 2.45) is 0 Å². The minimum absolute atomic E-state index is 0.528. The molecule has 1 aromatic rings. The van der Waals surface area contributed by atoms with E-state index in [0.717, 1.165) is 0 Å². The van der Waals surface area contributed by atoms with Crippen LogP contribution in [0.3, 0.4) is 0 Å². The molecule has 60 valence electrons. The maximum absolute atomic E-state index is 11.1. The summed E-state index contributed by atoms with van der Waals surface area (Å²) in [6, 6.07) is 7.05. The summed E-state index contributed by atoms with van der Waals surface area (Å²) in [6.45, 7) is 0. The SMILES string of the molecule is CN[S+]([O-])c1ccccc1Cl. The van der Waals surface area contributed by atoms with Crippen LogP contribution in [0.25, 0.3) is 0 Å². The third kappa shape index (κ3) is 2.10. The van der Waals surface area contributed by atoms with E-state index in [1.54, 1.807) is 31.3 Å². The summed E-state index contributed by atoms with van der Waals surface area (Å²) in [6.07, 6.45) is 0. The molecule has 0 fully saturated rings. The molecule has 0 aliphatic rings. The van der Waals surface area contributed by atoms with E-state index in [1.807, 2.05) is 0 Å². The number of rotatable bonds is 2. The normalized spacial score (nSPS) is 13.0. The number of nitrogens with one attached hydrogen (secondary N) is 1. The average molecular weight is 190 g/mol. The first kappa shape index (κ1) is 8.87. The van der Waals surface area contributed by atoms with Gasteiger partial charge in [0.25, 0.3) is 0 Å². The Morgan fingerprint density at radius 2 is 2.09 bits per heavy atom. The average Bonchev–Trinajstić information content (AvgIpc) is 2.04. The second-order valence-corrected chi connectivity index (χ2v) is 3.70. The van der Waals surface area contributed by atoms with Crippen molar-refractivity contribution in [2.45, 2.75) is 4.90 Å². The zero-order chi connectivity index (χ0) is 8.27. The zero-order valence-electron chi connectivity index (χ0n) is 6.00. The molecule has 0 spiro atoms. The van der Waals surface area contributed by atoms with E-state index < -0.39 is 11.4 Å². The summed E-state index contributed by atoms with van der Waals surface area (Å²) in [7, 11) is 1.62. The smallest absolute Gasteiger partial charge is 0.192 e. The van der Waals surface area contributed by atoms with Gasteiger partial charge in [0.05, 0.1) is 16.4 Å². The third-order valence-corrected chi connectivity index (χ3v) is 2.79. The highest BCUT2D eigenvalue weighted by molar-refractivity contribution is 7.89. The molecule has 1 atom stereocenters. The van der Waals surface area contributed by atoms with E-state index >= 15 is 0 Å². The molecule has 0 heterocycles. The van der Waals surface area contributed by atoms with Gasteiger partial charge in [-0.25, -0.2) is 0 Å². The Bertz CT molecular complexity index is 244. The molecule has 0 aliphatic heterocycles. The van der Waals surface area contributed by atoms with Gasteiger partial charge in [-0.2, -0.15) is 0 Å². The lowest BCUT2D eigenvalue weighted by Gasteiger charge is -2.07. The van der Waals surface area contributed by atoms with Crippen LogP contribution in [0, 0.1) is 0 Å². The van der Waals surface area contributed by atoms with Crippen molar-refractivity contribution < 1.29 is 4.55 Å². The van der Waals surface area contributed by atoms with Crippen molar-refractivity contribution in [3.05, 3.63) is 29.3 Å². The van der Waals surface area contributed by atoms with E-state index in [0.29, 0.717) is 9.92 Å². The maximum atomic E-state index is 11.1. The van der Waals surface area contributed by atoms with Crippen LogP contribution in [-0.4, -0.2) is 11.6 Å². The van der Waals surface area contributed by atoms with Gasteiger partial charge in [-0.15, -0.1) is 4.72 Å². The lowest BCUT2D eigenvalue weighted by Crippen LogP contribution is -2.18. The molecule has 1 aromatic carbocycles.